The van der Waals surface area contributed by atoms with Crippen LogP contribution in [0.5, 0.6) is 0 Å². The molecule has 4 rings (SSSR count). The summed E-state index contributed by atoms with van der Waals surface area (Å²) in [4.78, 5) is 15.7. The van der Waals surface area contributed by atoms with Crippen LogP contribution in [-0.4, -0.2) is 34.7 Å². The van der Waals surface area contributed by atoms with Crippen LogP contribution in [0.25, 0.3) is 0 Å². The summed E-state index contributed by atoms with van der Waals surface area (Å²) in [5, 5.41) is 4.10. The second kappa shape index (κ2) is 7.12. The highest BCUT2D eigenvalue weighted by Gasteiger charge is 2.60. The Balaban J connectivity index is 1.65. The lowest BCUT2D eigenvalue weighted by atomic mass is 9.70. The molecule has 1 aromatic carbocycles. The molecule has 2 aliphatic heterocycles. The number of aromatic nitrogens is 1. The molecule has 1 aromatic heterocycles. The van der Waals surface area contributed by atoms with Gasteiger partial charge in [-0.05, 0) is 52.0 Å². The van der Waals surface area contributed by atoms with Crippen LogP contribution in [0.1, 0.15) is 48.8 Å². The Labute approximate surface area is 160 Å². The fourth-order valence-corrected chi connectivity index (χ4v) is 5.17. The highest BCUT2D eigenvalue weighted by Crippen LogP contribution is 2.53. The van der Waals surface area contributed by atoms with E-state index in [4.69, 9.17) is 9.26 Å². The van der Waals surface area contributed by atoms with Crippen LogP contribution >= 0.6 is 0 Å². The molecule has 0 radical (unpaired) electrons. The maximum atomic E-state index is 13.2. The summed E-state index contributed by atoms with van der Waals surface area (Å²) in [7, 11) is 0. The van der Waals surface area contributed by atoms with Crippen molar-refractivity contribution in [3.8, 4) is 0 Å². The van der Waals surface area contributed by atoms with Crippen molar-refractivity contribution in [3.63, 3.8) is 0 Å². The van der Waals surface area contributed by atoms with Gasteiger partial charge in [0.15, 0.2) is 0 Å². The van der Waals surface area contributed by atoms with Crippen molar-refractivity contribution in [3.05, 3.63) is 52.9 Å². The number of hydrogen-bond acceptors (Lipinski definition) is 5. The first kappa shape index (κ1) is 18.2. The van der Waals surface area contributed by atoms with Crippen molar-refractivity contribution in [1.29, 1.82) is 0 Å². The molecule has 27 heavy (non-hydrogen) atoms. The number of benzene rings is 1. The van der Waals surface area contributed by atoms with Gasteiger partial charge in [0.05, 0.1) is 17.7 Å². The number of rotatable bonds is 6. The highest BCUT2D eigenvalue weighted by atomic mass is 16.5. The van der Waals surface area contributed by atoms with E-state index < -0.39 is 5.41 Å². The average molecular weight is 368 g/mol. The summed E-state index contributed by atoms with van der Waals surface area (Å²) < 4.78 is 11.0. The summed E-state index contributed by atoms with van der Waals surface area (Å²) in [6.07, 6.45) is 3.80. The number of aryl methyl sites for hydroxylation is 2. The molecule has 144 valence electrons. The third-order valence-corrected chi connectivity index (χ3v) is 6.45. The largest absolute Gasteiger partial charge is 0.466 e. The molecule has 0 amide bonds. The van der Waals surface area contributed by atoms with E-state index in [1.54, 1.807) is 0 Å². The lowest BCUT2D eigenvalue weighted by Crippen LogP contribution is -2.46. The predicted octanol–water partition coefficient (Wildman–Crippen LogP) is 3.82. The van der Waals surface area contributed by atoms with Gasteiger partial charge in [-0.2, -0.15) is 0 Å². The molecule has 3 heterocycles. The van der Waals surface area contributed by atoms with Crippen LogP contribution in [0.4, 0.5) is 0 Å². The fraction of sp³-hybridized carbons (Fsp3) is 0.545. The molecule has 5 heteroatoms. The van der Waals surface area contributed by atoms with Crippen molar-refractivity contribution in [2.75, 3.05) is 6.61 Å². The standard InChI is InChI=1S/C22H28N2O3/c1-4-26-21(25)22(12-17-8-6-5-7-9-17)13-18-10-11-20(22)24(18)14-19-15(2)23-27-16(19)3/h5-9,18,20H,4,10-14H2,1-3H3/t18-,20+,22+/m0/s1. The molecule has 0 N–H and O–H groups in total. The van der Waals surface area contributed by atoms with Crippen molar-refractivity contribution < 1.29 is 14.1 Å². The van der Waals surface area contributed by atoms with E-state index in [9.17, 15) is 4.79 Å². The predicted molar refractivity (Wildman–Crippen MR) is 102 cm³/mol. The number of ether oxygens (including phenoxy) is 1. The molecule has 2 fully saturated rings. The third kappa shape index (κ3) is 3.08. The molecule has 2 saturated heterocycles. The van der Waals surface area contributed by atoms with Crippen LogP contribution in [0, 0.1) is 19.3 Å². The first-order chi connectivity index (χ1) is 13.0. The van der Waals surface area contributed by atoms with Gasteiger partial charge in [-0.1, -0.05) is 35.5 Å². The Hall–Kier alpha value is -2.14. The Morgan fingerprint density at radius 3 is 2.74 bits per heavy atom. The summed E-state index contributed by atoms with van der Waals surface area (Å²) >= 11 is 0. The molecule has 0 aliphatic carbocycles. The lowest BCUT2D eigenvalue weighted by molar-refractivity contribution is -0.157. The van der Waals surface area contributed by atoms with Crippen LogP contribution in [0.3, 0.4) is 0 Å². The van der Waals surface area contributed by atoms with Crippen LogP contribution in [0.15, 0.2) is 34.9 Å². The molecule has 3 atom stereocenters. The van der Waals surface area contributed by atoms with Gasteiger partial charge in [-0.15, -0.1) is 0 Å². The number of carbonyl (C=O) groups is 1. The number of esters is 1. The van der Waals surface area contributed by atoms with Gasteiger partial charge in [0.25, 0.3) is 0 Å². The van der Waals surface area contributed by atoms with Gasteiger partial charge < -0.3 is 9.26 Å². The summed E-state index contributed by atoms with van der Waals surface area (Å²) in [6, 6.07) is 11.0. The minimum absolute atomic E-state index is 0.0372. The zero-order valence-electron chi connectivity index (χ0n) is 16.4. The zero-order valence-corrected chi connectivity index (χ0v) is 16.4. The highest BCUT2D eigenvalue weighted by molar-refractivity contribution is 5.79. The van der Waals surface area contributed by atoms with Crippen molar-refractivity contribution >= 4 is 5.97 Å². The fourth-order valence-electron chi connectivity index (χ4n) is 5.17. The van der Waals surface area contributed by atoms with E-state index >= 15 is 0 Å². The molecule has 0 saturated carbocycles. The SMILES string of the molecule is CCOC(=O)[C@]1(Cc2ccccc2)C[C@@H]2CC[C@H]1N2Cc1c(C)noc1C. The minimum atomic E-state index is -0.459. The lowest BCUT2D eigenvalue weighted by Gasteiger charge is -2.35. The Kier molecular flexibility index (Phi) is 4.81. The average Bonchev–Trinajstić information content (AvgIpc) is 3.30. The smallest absolute Gasteiger partial charge is 0.314 e. The van der Waals surface area contributed by atoms with Gasteiger partial charge in [-0.3, -0.25) is 9.69 Å². The van der Waals surface area contributed by atoms with E-state index in [1.807, 2.05) is 39.0 Å². The number of nitrogens with zero attached hydrogens (tertiary/aromatic N) is 2. The maximum Gasteiger partial charge on any atom is 0.314 e. The number of hydrogen-bond donors (Lipinski definition) is 0. The minimum Gasteiger partial charge on any atom is -0.466 e. The second-order valence-corrected chi connectivity index (χ2v) is 7.97. The maximum absolute atomic E-state index is 13.2. The Morgan fingerprint density at radius 1 is 1.30 bits per heavy atom. The molecule has 2 aromatic rings. The molecule has 2 bridgehead atoms. The van der Waals surface area contributed by atoms with Crippen LogP contribution in [-0.2, 0) is 22.5 Å². The van der Waals surface area contributed by atoms with Crippen LogP contribution < -0.4 is 0 Å². The summed E-state index contributed by atoms with van der Waals surface area (Å²) in [5.74, 6) is 0.841. The zero-order chi connectivity index (χ0) is 19.0. The molecular weight excluding hydrogens is 340 g/mol. The topological polar surface area (TPSA) is 55.6 Å². The first-order valence-electron chi connectivity index (χ1n) is 9.94. The summed E-state index contributed by atoms with van der Waals surface area (Å²) in [5.41, 5.74) is 2.85. The first-order valence-corrected chi connectivity index (χ1v) is 9.94. The molecule has 2 aliphatic rings. The van der Waals surface area contributed by atoms with Gasteiger partial charge in [-0.25, -0.2) is 0 Å². The van der Waals surface area contributed by atoms with E-state index in [0.29, 0.717) is 12.6 Å². The van der Waals surface area contributed by atoms with Gasteiger partial charge in [0.1, 0.15) is 5.76 Å². The van der Waals surface area contributed by atoms with E-state index in [0.717, 1.165) is 49.2 Å². The quantitative estimate of drug-likeness (QED) is 0.726. The van der Waals surface area contributed by atoms with E-state index in [-0.39, 0.29) is 12.0 Å². The molecule has 5 nitrogen and oxygen atoms in total. The molecule has 0 unspecified atom stereocenters. The van der Waals surface area contributed by atoms with E-state index in [1.165, 1.54) is 5.56 Å². The van der Waals surface area contributed by atoms with E-state index in [2.05, 4.69) is 22.2 Å². The van der Waals surface area contributed by atoms with Crippen molar-refractivity contribution in [2.24, 2.45) is 5.41 Å². The Bertz CT molecular complexity index is 797. The Morgan fingerprint density at radius 2 is 2.07 bits per heavy atom. The monoisotopic (exact) mass is 368 g/mol. The summed E-state index contributed by atoms with van der Waals surface area (Å²) in [6.45, 7) is 7.08. The van der Waals surface area contributed by atoms with Gasteiger partial charge in [0, 0.05) is 24.2 Å². The van der Waals surface area contributed by atoms with Crippen LogP contribution in [0.2, 0.25) is 0 Å². The normalized spacial score (nSPS) is 27.2. The number of fused-ring (bicyclic) bond motifs is 2. The van der Waals surface area contributed by atoms with Crippen molar-refractivity contribution in [1.82, 2.24) is 10.1 Å². The third-order valence-electron chi connectivity index (χ3n) is 6.45. The molecular formula is C22H28N2O3. The second-order valence-electron chi connectivity index (χ2n) is 7.97. The molecule has 0 spiro atoms. The van der Waals surface area contributed by atoms with Gasteiger partial charge >= 0.3 is 5.97 Å². The van der Waals surface area contributed by atoms with Crippen molar-refractivity contribution in [2.45, 2.75) is 65.1 Å². The number of carbonyl (C=O) groups excluding carboxylic acids is 1. The van der Waals surface area contributed by atoms with Gasteiger partial charge in [0.2, 0.25) is 0 Å².